The van der Waals surface area contributed by atoms with Gasteiger partial charge in [-0.05, 0) is 74.2 Å². The Hall–Kier alpha value is -6.33. The normalized spacial score (nSPS) is 17.2. The number of fused-ring (bicyclic) bond motifs is 1. The first-order valence-electron chi connectivity index (χ1n) is 24.4. The second kappa shape index (κ2) is 27.3. The molecule has 0 spiro atoms. The zero-order valence-corrected chi connectivity index (χ0v) is 39.9. The Kier molecular flexibility index (Phi) is 20.2. The van der Waals surface area contributed by atoms with E-state index in [0.717, 1.165) is 29.9 Å². The molecule has 3 aliphatic rings. The number of piperidine rings is 1. The number of carbonyl (C=O) groups is 5. The van der Waals surface area contributed by atoms with Crippen LogP contribution in [0.25, 0.3) is 5.65 Å². The van der Waals surface area contributed by atoms with E-state index in [-0.39, 0.29) is 59.7 Å². The first-order valence-corrected chi connectivity index (χ1v) is 24.4. The molecule has 4 N–H and O–H groups in total. The number of carbonyl (C=O) groups excluding carboxylic acids is 5. The summed E-state index contributed by atoms with van der Waals surface area (Å²) in [5.74, 6) is -1.45. The molecule has 3 fully saturated rings. The molecule has 20 nitrogen and oxygen atoms in total. The maximum absolute atomic E-state index is 14.6. The van der Waals surface area contributed by atoms with E-state index < -0.39 is 17.7 Å². The Morgan fingerprint density at radius 2 is 1.41 bits per heavy atom. The monoisotopic (exact) mass is 990 g/mol. The summed E-state index contributed by atoms with van der Waals surface area (Å²) < 4.78 is 57.8. The minimum absolute atomic E-state index is 0.0601. The lowest BCUT2D eigenvalue weighted by Gasteiger charge is -2.36. The lowest BCUT2D eigenvalue weighted by atomic mass is 10.0. The third-order valence-electron chi connectivity index (χ3n) is 12.3. The first-order chi connectivity index (χ1) is 34.6. The predicted molar refractivity (Wildman–Crippen MR) is 257 cm³/mol. The Morgan fingerprint density at radius 1 is 0.746 bits per heavy atom. The van der Waals surface area contributed by atoms with Crippen LogP contribution in [-0.2, 0) is 42.9 Å². The molecule has 22 heteroatoms. The van der Waals surface area contributed by atoms with E-state index in [4.69, 9.17) is 23.7 Å². The molecule has 1 unspecified atom stereocenters. The highest BCUT2D eigenvalue weighted by atomic mass is 19.1. The third-order valence-corrected chi connectivity index (χ3v) is 12.3. The molecule has 5 heterocycles. The van der Waals surface area contributed by atoms with Gasteiger partial charge in [0.05, 0.1) is 84.7 Å². The number of hydrogen-bond acceptors (Lipinski definition) is 15. The van der Waals surface area contributed by atoms with Gasteiger partial charge in [-0.25, -0.2) is 18.3 Å². The minimum atomic E-state index is -0.503. The second-order valence-corrected chi connectivity index (χ2v) is 17.2. The summed E-state index contributed by atoms with van der Waals surface area (Å²) in [5.41, 5.74) is 2.75. The van der Waals surface area contributed by atoms with Crippen molar-refractivity contribution in [3.8, 4) is 0 Å². The molecule has 3 aliphatic heterocycles. The van der Waals surface area contributed by atoms with Crippen LogP contribution >= 0.6 is 0 Å². The average Bonchev–Trinajstić information content (AvgIpc) is 4.04. The van der Waals surface area contributed by atoms with Crippen LogP contribution in [0.2, 0.25) is 0 Å². The zero-order valence-electron chi connectivity index (χ0n) is 39.9. The highest BCUT2D eigenvalue weighted by molar-refractivity contribution is 6.01. The van der Waals surface area contributed by atoms with E-state index in [9.17, 15) is 32.8 Å². The van der Waals surface area contributed by atoms with Gasteiger partial charge < -0.3 is 54.3 Å². The maximum atomic E-state index is 14.6. The fraction of sp³-hybridized carbons (Fsp3) is 0.531. The summed E-state index contributed by atoms with van der Waals surface area (Å²) in [6.45, 7) is 7.57. The van der Waals surface area contributed by atoms with Gasteiger partial charge in [0, 0.05) is 81.8 Å². The molecular weight excluding hydrogens is 927 g/mol. The van der Waals surface area contributed by atoms with Crippen molar-refractivity contribution in [3.05, 3.63) is 83.7 Å². The Labute approximate surface area is 411 Å². The lowest BCUT2D eigenvalue weighted by Crippen LogP contribution is -2.49. The first kappa shape index (κ1) is 52.5. The fourth-order valence-corrected chi connectivity index (χ4v) is 8.49. The standard InChI is InChI=1S/C49H64F2N10O10/c50-35-4-9-40(51)38(33-35)42-3-1-17-60(42)43-12-18-61-47(56-43)39(34-54-61)48(65)53-16-2-15-52-44(62)13-23-67-25-27-69-29-31-71-32-30-70-28-26-68-24-14-46(64)59-21-19-58(20-22-59)37-7-5-36(6-8-37)55-41-10-11-45(63)57-49(41)66/h4-9,12,18,33-34,41-42,55H,1-3,10-11,13-17,19-32H2,(H,52,62)(H,53,65)(H,57,63,66)/t41?,42-/m1/s1. The van der Waals surface area contributed by atoms with Gasteiger partial charge in [0.2, 0.25) is 23.6 Å². The van der Waals surface area contributed by atoms with Crippen molar-refractivity contribution in [2.75, 3.05) is 127 Å². The van der Waals surface area contributed by atoms with E-state index in [2.05, 4.69) is 36.2 Å². The number of anilines is 3. The number of rotatable bonds is 28. The fourth-order valence-electron chi connectivity index (χ4n) is 8.49. The zero-order chi connectivity index (χ0) is 49.8. The Balaban J connectivity index is 0.624. The van der Waals surface area contributed by atoms with Crippen molar-refractivity contribution in [1.82, 2.24) is 35.4 Å². The number of aromatic nitrogens is 3. The van der Waals surface area contributed by atoms with Crippen LogP contribution in [0.4, 0.5) is 26.0 Å². The van der Waals surface area contributed by atoms with Crippen LogP contribution in [-0.4, -0.2) is 167 Å². The number of benzene rings is 2. The molecule has 71 heavy (non-hydrogen) atoms. The Bertz CT molecular complexity index is 2390. The number of piperazine rings is 1. The van der Waals surface area contributed by atoms with Crippen LogP contribution in [0, 0.1) is 11.6 Å². The topological polar surface area (TPSA) is 220 Å². The molecule has 0 aliphatic carbocycles. The van der Waals surface area contributed by atoms with Gasteiger partial charge in [0.15, 0.2) is 5.65 Å². The summed E-state index contributed by atoms with van der Waals surface area (Å²) in [7, 11) is 0. The van der Waals surface area contributed by atoms with E-state index >= 15 is 0 Å². The quantitative estimate of drug-likeness (QED) is 0.0475. The number of halogens is 2. The van der Waals surface area contributed by atoms with Gasteiger partial charge in [-0.1, -0.05) is 0 Å². The van der Waals surface area contributed by atoms with E-state index in [1.807, 2.05) is 34.1 Å². The van der Waals surface area contributed by atoms with Gasteiger partial charge in [-0.2, -0.15) is 5.10 Å². The van der Waals surface area contributed by atoms with Gasteiger partial charge >= 0.3 is 0 Å². The van der Waals surface area contributed by atoms with E-state index in [1.165, 1.54) is 16.8 Å². The van der Waals surface area contributed by atoms with Crippen LogP contribution in [0.5, 0.6) is 0 Å². The molecule has 0 radical (unpaired) electrons. The average molecular weight is 991 g/mol. The number of imide groups is 1. The number of hydrogen-bond donors (Lipinski definition) is 4. The smallest absolute Gasteiger partial charge is 0.256 e. The highest BCUT2D eigenvalue weighted by Crippen LogP contribution is 2.37. The number of nitrogens with zero attached hydrogens (tertiary/aromatic N) is 6. The minimum Gasteiger partial charge on any atom is -0.379 e. The molecule has 7 rings (SSSR count). The van der Waals surface area contributed by atoms with Crippen LogP contribution in [0.15, 0.2) is 60.9 Å². The molecule has 384 valence electrons. The van der Waals surface area contributed by atoms with E-state index in [0.29, 0.717) is 149 Å². The van der Waals surface area contributed by atoms with Crippen molar-refractivity contribution < 1.29 is 56.4 Å². The van der Waals surface area contributed by atoms with Crippen molar-refractivity contribution in [3.63, 3.8) is 0 Å². The van der Waals surface area contributed by atoms with Crippen LogP contribution in [0.1, 0.15) is 66.9 Å². The molecule has 0 saturated carbocycles. The molecule has 4 aromatic rings. The molecule has 3 saturated heterocycles. The molecular formula is C49H64F2N10O10. The highest BCUT2D eigenvalue weighted by Gasteiger charge is 2.31. The molecule has 2 aromatic carbocycles. The van der Waals surface area contributed by atoms with Crippen LogP contribution < -0.4 is 31.1 Å². The Morgan fingerprint density at radius 3 is 2.10 bits per heavy atom. The van der Waals surface area contributed by atoms with Gasteiger partial charge in [0.1, 0.15) is 29.1 Å². The SMILES string of the molecule is O=C(CCOCCOCCOCCOCCOCCC(=O)N1CCN(c2ccc(NC3CCC(=O)NC3=O)cc2)CC1)NCCCNC(=O)c1cnn2ccc(N3CCC[C@@H]3c3cc(F)ccc3F)nc12. The molecule has 2 aromatic heterocycles. The van der Waals surface area contributed by atoms with Gasteiger partial charge in [-0.15, -0.1) is 0 Å². The maximum Gasteiger partial charge on any atom is 0.256 e. The van der Waals surface area contributed by atoms with Crippen LogP contribution in [0.3, 0.4) is 0 Å². The summed E-state index contributed by atoms with van der Waals surface area (Å²) in [6.07, 6.45) is 6.33. The van der Waals surface area contributed by atoms with Crippen molar-refractivity contribution in [1.29, 1.82) is 0 Å². The summed E-state index contributed by atoms with van der Waals surface area (Å²) in [5, 5.41) is 15.5. The molecule has 2 atom stereocenters. The largest absolute Gasteiger partial charge is 0.379 e. The van der Waals surface area contributed by atoms with Gasteiger partial charge in [0.25, 0.3) is 5.91 Å². The second-order valence-electron chi connectivity index (χ2n) is 17.2. The number of nitrogens with one attached hydrogen (secondary N) is 4. The molecule has 5 amide bonds. The van der Waals surface area contributed by atoms with Crippen molar-refractivity contribution in [2.45, 2.75) is 57.0 Å². The van der Waals surface area contributed by atoms with E-state index in [1.54, 1.807) is 12.3 Å². The number of ether oxygens (including phenoxy) is 5. The summed E-state index contributed by atoms with van der Waals surface area (Å²) >= 11 is 0. The summed E-state index contributed by atoms with van der Waals surface area (Å²) in [6, 6.07) is 12.2. The predicted octanol–water partition coefficient (Wildman–Crippen LogP) is 3.01. The summed E-state index contributed by atoms with van der Waals surface area (Å²) in [4.78, 5) is 72.2. The number of amides is 5. The molecule has 0 bridgehead atoms. The van der Waals surface area contributed by atoms with Crippen molar-refractivity contribution in [2.24, 2.45) is 0 Å². The third kappa shape index (κ3) is 15.8. The van der Waals surface area contributed by atoms with Gasteiger partial charge in [-0.3, -0.25) is 29.3 Å². The lowest BCUT2D eigenvalue weighted by molar-refractivity contribution is -0.134. The van der Waals surface area contributed by atoms with Crippen molar-refractivity contribution >= 4 is 52.4 Å².